The maximum absolute atomic E-state index is 13.0. The number of halogens is 1. The van der Waals surface area contributed by atoms with Crippen molar-refractivity contribution >= 4 is 27.3 Å². The molecule has 1 N–H and O–H groups in total. The zero-order valence-corrected chi connectivity index (χ0v) is 18.9. The fourth-order valence-corrected chi connectivity index (χ4v) is 6.94. The molecule has 1 spiro atoms. The van der Waals surface area contributed by atoms with Crippen molar-refractivity contribution in [1.82, 2.24) is 4.31 Å². The van der Waals surface area contributed by atoms with E-state index in [0.717, 1.165) is 43.6 Å². The molecule has 0 bridgehead atoms. The number of nitrogens with zero attached hydrogens (tertiary/aromatic N) is 2. The highest BCUT2D eigenvalue weighted by atomic mass is 35.5. The van der Waals surface area contributed by atoms with Crippen LogP contribution in [-0.4, -0.2) is 57.2 Å². The first kappa shape index (κ1) is 21.2. The van der Waals surface area contributed by atoms with Gasteiger partial charge in [-0.25, -0.2) is 8.42 Å². The lowest BCUT2D eigenvalue weighted by atomic mass is 9.78. The van der Waals surface area contributed by atoms with Gasteiger partial charge >= 0.3 is 0 Å². The normalized spacial score (nSPS) is 23.1. The first-order chi connectivity index (χ1) is 14.8. The van der Waals surface area contributed by atoms with Crippen LogP contribution >= 0.6 is 11.6 Å². The number of sulfonamides is 1. The summed E-state index contributed by atoms with van der Waals surface area (Å²) in [5, 5.41) is 10.7. The van der Waals surface area contributed by atoms with E-state index in [4.69, 9.17) is 16.3 Å². The minimum absolute atomic E-state index is 0.144. The molecule has 0 unspecified atom stereocenters. The van der Waals surface area contributed by atoms with Gasteiger partial charge in [-0.1, -0.05) is 35.9 Å². The summed E-state index contributed by atoms with van der Waals surface area (Å²) in [6, 6.07) is 14.8. The van der Waals surface area contributed by atoms with Gasteiger partial charge in [0, 0.05) is 31.9 Å². The largest absolute Gasteiger partial charge is 0.380 e. The minimum Gasteiger partial charge on any atom is -0.380 e. The lowest BCUT2D eigenvalue weighted by Crippen LogP contribution is -2.46. The molecule has 2 aromatic carbocycles. The molecule has 0 aliphatic carbocycles. The monoisotopic (exact) mass is 462 g/mol. The Labute approximate surface area is 188 Å². The summed E-state index contributed by atoms with van der Waals surface area (Å²) in [5.74, 6) is 0. The Hall–Kier alpha value is -1.64. The number of benzene rings is 2. The van der Waals surface area contributed by atoms with Crippen molar-refractivity contribution in [3.63, 3.8) is 0 Å². The van der Waals surface area contributed by atoms with Crippen LogP contribution in [0.5, 0.6) is 0 Å². The smallest absolute Gasteiger partial charge is 0.244 e. The van der Waals surface area contributed by atoms with Crippen LogP contribution in [0.2, 0.25) is 5.02 Å². The first-order valence-electron chi connectivity index (χ1n) is 10.7. The van der Waals surface area contributed by atoms with Crippen molar-refractivity contribution in [2.24, 2.45) is 5.41 Å². The van der Waals surface area contributed by atoms with Crippen LogP contribution in [-0.2, 0) is 20.4 Å². The van der Waals surface area contributed by atoms with Gasteiger partial charge in [-0.15, -0.1) is 0 Å². The minimum atomic E-state index is -3.57. The SMILES string of the molecule is O=S(=O)(c1ccccc1Cl)N1CCC2(CCN(c3ccc(C4(O)COC4)cc3)C2)CC1. The molecule has 166 valence electrons. The predicted octanol–water partition coefficient (Wildman–Crippen LogP) is 3.24. The van der Waals surface area contributed by atoms with Gasteiger partial charge < -0.3 is 14.7 Å². The van der Waals surface area contributed by atoms with Crippen LogP contribution in [0.25, 0.3) is 0 Å². The highest BCUT2D eigenvalue weighted by Gasteiger charge is 2.43. The van der Waals surface area contributed by atoms with Crippen molar-refractivity contribution in [3.8, 4) is 0 Å². The van der Waals surface area contributed by atoms with Crippen molar-refractivity contribution in [2.75, 3.05) is 44.3 Å². The number of ether oxygens (including phenoxy) is 1. The van der Waals surface area contributed by atoms with Crippen molar-refractivity contribution in [1.29, 1.82) is 0 Å². The zero-order chi connectivity index (χ0) is 21.7. The second kappa shape index (κ2) is 7.74. The van der Waals surface area contributed by atoms with Gasteiger partial charge in [0.1, 0.15) is 10.5 Å². The average molecular weight is 463 g/mol. The molecule has 5 rings (SSSR count). The molecule has 3 saturated heterocycles. The predicted molar refractivity (Wildman–Crippen MR) is 120 cm³/mol. The first-order valence-corrected chi connectivity index (χ1v) is 12.5. The van der Waals surface area contributed by atoms with Crippen LogP contribution in [0.15, 0.2) is 53.4 Å². The molecule has 3 aliphatic rings. The quantitative estimate of drug-likeness (QED) is 0.755. The maximum Gasteiger partial charge on any atom is 0.244 e. The van der Waals surface area contributed by atoms with Gasteiger partial charge in [-0.05, 0) is 54.5 Å². The number of rotatable bonds is 4. The van der Waals surface area contributed by atoms with E-state index < -0.39 is 15.6 Å². The summed E-state index contributed by atoms with van der Waals surface area (Å²) in [6.45, 7) is 3.64. The van der Waals surface area contributed by atoms with Crippen LogP contribution in [0.4, 0.5) is 5.69 Å². The molecule has 31 heavy (non-hydrogen) atoms. The molecular weight excluding hydrogens is 436 g/mol. The molecule has 0 radical (unpaired) electrons. The third kappa shape index (κ3) is 3.76. The summed E-state index contributed by atoms with van der Waals surface area (Å²) in [4.78, 5) is 2.57. The summed E-state index contributed by atoms with van der Waals surface area (Å²) < 4.78 is 32.8. The van der Waals surface area contributed by atoms with Crippen LogP contribution in [0.3, 0.4) is 0 Å². The molecule has 0 saturated carbocycles. The Morgan fingerprint density at radius 2 is 1.58 bits per heavy atom. The number of hydrogen-bond acceptors (Lipinski definition) is 5. The van der Waals surface area contributed by atoms with Crippen LogP contribution in [0, 0.1) is 5.41 Å². The third-order valence-corrected chi connectivity index (χ3v) is 9.53. The van der Waals surface area contributed by atoms with Crippen molar-refractivity contribution in [3.05, 3.63) is 59.1 Å². The fourth-order valence-electron chi connectivity index (χ4n) is 5.00. The fraction of sp³-hybridized carbons (Fsp3) is 0.478. The molecule has 3 heterocycles. The van der Waals surface area contributed by atoms with Gasteiger partial charge in [0.25, 0.3) is 0 Å². The summed E-state index contributed by atoms with van der Waals surface area (Å²) in [6.07, 6.45) is 2.76. The number of piperidine rings is 1. The molecule has 0 aromatic heterocycles. The lowest BCUT2D eigenvalue weighted by molar-refractivity contribution is -0.184. The Balaban J connectivity index is 1.24. The Morgan fingerprint density at radius 1 is 0.935 bits per heavy atom. The van der Waals surface area contributed by atoms with E-state index in [9.17, 15) is 13.5 Å². The highest BCUT2D eigenvalue weighted by Crippen LogP contribution is 2.43. The average Bonchev–Trinajstić information content (AvgIpc) is 3.16. The molecule has 3 fully saturated rings. The second-order valence-electron chi connectivity index (χ2n) is 9.08. The van der Waals surface area contributed by atoms with E-state index in [-0.39, 0.29) is 15.3 Å². The Kier molecular flexibility index (Phi) is 5.30. The second-order valence-corrected chi connectivity index (χ2v) is 11.4. The van der Waals surface area contributed by atoms with Gasteiger partial charge in [0.15, 0.2) is 0 Å². The Bertz CT molecular complexity index is 1060. The molecule has 3 aliphatic heterocycles. The molecule has 8 heteroatoms. The van der Waals surface area contributed by atoms with Crippen LogP contribution < -0.4 is 4.90 Å². The molecule has 0 amide bonds. The highest BCUT2D eigenvalue weighted by molar-refractivity contribution is 7.89. The third-order valence-electron chi connectivity index (χ3n) is 7.13. The van der Waals surface area contributed by atoms with Gasteiger partial charge in [-0.3, -0.25) is 0 Å². The van der Waals surface area contributed by atoms with Gasteiger partial charge in [0.05, 0.1) is 18.2 Å². The number of anilines is 1. The summed E-state index contributed by atoms with van der Waals surface area (Å²) in [5.41, 5.74) is 1.35. The molecular formula is C23H27ClN2O4S. The molecule has 6 nitrogen and oxygen atoms in total. The summed E-state index contributed by atoms with van der Waals surface area (Å²) >= 11 is 6.15. The molecule has 2 aromatic rings. The van der Waals surface area contributed by atoms with Crippen molar-refractivity contribution < 1.29 is 18.3 Å². The topological polar surface area (TPSA) is 70.1 Å². The molecule has 0 atom stereocenters. The van der Waals surface area contributed by atoms with Gasteiger partial charge in [-0.2, -0.15) is 4.31 Å². The zero-order valence-electron chi connectivity index (χ0n) is 17.3. The van der Waals surface area contributed by atoms with E-state index in [2.05, 4.69) is 17.0 Å². The van der Waals surface area contributed by atoms with E-state index in [0.29, 0.717) is 26.3 Å². The number of aliphatic hydroxyl groups is 1. The van der Waals surface area contributed by atoms with Gasteiger partial charge in [0.2, 0.25) is 10.0 Å². The summed E-state index contributed by atoms with van der Waals surface area (Å²) in [7, 11) is -3.57. The Morgan fingerprint density at radius 3 is 2.19 bits per heavy atom. The van der Waals surface area contributed by atoms with E-state index >= 15 is 0 Å². The van der Waals surface area contributed by atoms with E-state index in [1.807, 2.05) is 12.1 Å². The maximum atomic E-state index is 13.0. The van der Waals surface area contributed by atoms with E-state index in [1.165, 1.54) is 0 Å². The standard InChI is InChI=1S/C23H27ClN2O4S/c24-20-3-1-2-4-21(20)31(28,29)26-13-10-22(11-14-26)9-12-25(15-22)19-7-5-18(6-8-19)23(27)16-30-17-23/h1-8,27H,9-17H2. The lowest BCUT2D eigenvalue weighted by Gasteiger charge is -2.39. The van der Waals surface area contributed by atoms with Crippen molar-refractivity contribution in [2.45, 2.75) is 29.8 Å². The van der Waals surface area contributed by atoms with E-state index in [1.54, 1.807) is 28.6 Å². The van der Waals surface area contributed by atoms with Crippen LogP contribution in [0.1, 0.15) is 24.8 Å². The number of hydrogen-bond donors (Lipinski definition) is 1.